The summed E-state index contributed by atoms with van der Waals surface area (Å²) in [6, 6.07) is 7.04. The van der Waals surface area contributed by atoms with Gasteiger partial charge in [-0.05, 0) is 37.3 Å². The Morgan fingerprint density at radius 3 is 2.14 bits per heavy atom. The Morgan fingerprint density at radius 1 is 1.10 bits per heavy atom. The highest BCUT2D eigenvalue weighted by Gasteiger charge is 2.12. The summed E-state index contributed by atoms with van der Waals surface area (Å²) in [6.07, 6.45) is 0. The molecular weight excluding hydrogens is 274 g/mol. The lowest BCUT2D eigenvalue weighted by atomic mass is 10.1. The summed E-state index contributed by atoms with van der Waals surface area (Å²) in [4.78, 5) is 26.2. The lowest BCUT2D eigenvalue weighted by Gasteiger charge is -2.09. The van der Waals surface area contributed by atoms with E-state index in [2.05, 4.69) is 10.3 Å². The molecule has 2 aromatic rings. The summed E-state index contributed by atoms with van der Waals surface area (Å²) in [6.45, 7) is 1.73. The molecule has 7 nitrogen and oxygen atoms in total. The average Bonchev–Trinajstić information content (AvgIpc) is 2.42. The predicted octanol–water partition coefficient (Wildman–Crippen LogP) is 2.11. The molecule has 0 saturated carbocycles. The van der Waals surface area contributed by atoms with Crippen LogP contribution in [0, 0.1) is 6.92 Å². The number of carbonyl (C=O) groups is 2. The van der Waals surface area contributed by atoms with Crippen molar-refractivity contribution >= 4 is 29.1 Å². The van der Waals surface area contributed by atoms with E-state index >= 15 is 0 Å². The molecule has 0 saturated heterocycles. The quantitative estimate of drug-likeness (QED) is 0.678. The number of nitrogens with zero attached hydrogens (tertiary/aromatic N) is 1. The first-order chi connectivity index (χ1) is 9.86. The van der Waals surface area contributed by atoms with Crippen LogP contribution in [0.3, 0.4) is 0 Å². The van der Waals surface area contributed by atoms with E-state index in [1.807, 2.05) is 0 Å². The van der Waals surface area contributed by atoms with Crippen LogP contribution in [0.2, 0.25) is 0 Å². The Morgan fingerprint density at radius 2 is 1.67 bits per heavy atom. The van der Waals surface area contributed by atoms with Crippen LogP contribution < -0.4 is 11.1 Å². The summed E-state index contributed by atoms with van der Waals surface area (Å²) in [7, 11) is 0. The smallest absolute Gasteiger partial charge is 0.335 e. The Hall–Kier alpha value is -3.09. The topological polar surface area (TPSA) is 126 Å². The molecule has 0 bridgehead atoms. The minimum absolute atomic E-state index is 0.121. The maximum Gasteiger partial charge on any atom is 0.335 e. The van der Waals surface area contributed by atoms with Crippen molar-refractivity contribution in [3.63, 3.8) is 0 Å². The molecule has 7 heteroatoms. The van der Waals surface area contributed by atoms with Gasteiger partial charge in [0, 0.05) is 5.69 Å². The summed E-state index contributed by atoms with van der Waals surface area (Å²) in [5.74, 6) is -1.97. The number of carboxylic acids is 2. The maximum atomic E-state index is 11.0. The van der Waals surface area contributed by atoms with Gasteiger partial charge in [-0.25, -0.2) is 14.6 Å². The van der Waals surface area contributed by atoms with Gasteiger partial charge in [0.1, 0.15) is 5.82 Å². The second-order valence-electron chi connectivity index (χ2n) is 4.41. The number of rotatable bonds is 4. The standard InChI is InChI=1S/C14H13N3O4/c1-7-11(15)2-3-12(16-7)17-10-5-8(13(18)19)4-9(6-10)14(20)21/h2-6H,15H2,1H3,(H,16,17)(H,18,19)(H,20,21). The maximum absolute atomic E-state index is 11.0. The van der Waals surface area contributed by atoms with E-state index in [1.165, 1.54) is 12.1 Å². The van der Waals surface area contributed by atoms with Gasteiger partial charge in [-0.1, -0.05) is 0 Å². The first-order valence-electron chi connectivity index (χ1n) is 5.98. The van der Waals surface area contributed by atoms with Gasteiger partial charge in [-0.15, -0.1) is 0 Å². The van der Waals surface area contributed by atoms with Crippen molar-refractivity contribution in [2.24, 2.45) is 0 Å². The highest BCUT2D eigenvalue weighted by atomic mass is 16.4. The molecule has 1 heterocycles. The van der Waals surface area contributed by atoms with E-state index in [0.717, 1.165) is 6.07 Å². The van der Waals surface area contributed by atoms with Gasteiger partial charge >= 0.3 is 11.9 Å². The van der Waals surface area contributed by atoms with Crippen molar-refractivity contribution in [2.45, 2.75) is 6.92 Å². The molecule has 0 atom stereocenters. The monoisotopic (exact) mass is 287 g/mol. The molecular formula is C14H13N3O4. The van der Waals surface area contributed by atoms with Crippen LogP contribution in [-0.2, 0) is 0 Å². The molecule has 0 aliphatic heterocycles. The third kappa shape index (κ3) is 3.27. The number of aryl methyl sites for hydroxylation is 1. The third-order valence-electron chi connectivity index (χ3n) is 2.83. The number of nitrogens with one attached hydrogen (secondary N) is 1. The van der Waals surface area contributed by atoms with E-state index in [4.69, 9.17) is 15.9 Å². The summed E-state index contributed by atoms with van der Waals surface area (Å²) < 4.78 is 0. The molecule has 0 amide bonds. The fourth-order valence-corrected chi connectivity index (χ4v) is 1.74. The van der Waals surface area contributed by atoms with Gasteiger partial charge in [0.05, 0.1) is 22.5 Å². The fraction of sp³-hybridized carbons (Fsp3) is 0.0714. The number of nitrogens with two attached hydrogens (primary N) is 1. The van der Waals surface area contributed by atoms with Crippen LogP contribution in [0.1, 0.15) is 26.4 Å². The molecule has 108 valence electrons. The van der Waals surface area contributed by atoms with Crippen LogP contribution in [0.4, 0.5) is 17.2 Å². The summed E-state index contributed by atoms with van der Waals surface area (Å²) >= 11 is 0. The highest BCUT2D eigenvalue weighted by Crippen LogP contribution is 2.21. The zero-order chi connectivity index (χ0) is 15.6. The van der Waals surface area contributed by atoms with Gasteiger partial charge in [-0.3, -0.25) is 0 Å². The van der Waals surface area contributed by atoms with E-state index in [1.54, 1.807) is 19.1 Å². The zero-order valence-corrected chi connectivity index (χ0v) is 11.1. The van der Waals surface area contributed by atoms with Crippen molar-refractivity contribution in [1.29, 1.82) is 0 Å². The molecule has 0 aliphatic rings. The Kier molecular flexibility index (Phi) is 3.75. The zero-order valence-electron chi connectivity index (χ0n) is 11.1. The van der Waals surface area contributed by atoms with Gasteiger partial charge in [0.15, 0.2) is 0 Å². The Labute approximate surface area is 120 Å². The number of benzene rings is 1. The number of pyridine rings is 1. The number of anilines is 3. The van der Waals surface area contributed by atoms with Gasteiger partial charge < -0.3 is 21.3 Å². The second kappa shape index (κ2) is 5.49. The number of nitrogen functional groups attached to an aromatic ring is 1. The van der Waals surface area contributed by atoms with Crippen molar-refractivity contribution in [1.82, 2.24) is 4.98 Å². The van der Waals surface area contributed by atoms with Crippen molar-refractivity contribution in [2.75, 3.05) is 11.1 Å². The Bertz CT molecular complexity index is 696. The molecule has 1 aromatic carbocycles. The molecule has 2 rings (SSSR count). The van der Waals surface area contributed by atoms with Gasteiger partial charge in [0.2, 0.25) is 0 Å². The lowest BCUT2D eigenvalue weighted by molar-refractivity contribution is 0.0696. The summed E-state index contributed by atoms with van der Waals surface area (Å²) in [5, 5.41) is 20.9. The van der Waals surface area contributed by atoms with Gasteiger partial charge in [-0.2, -0.15) is 0 Å². The van der Waals surface area contributed by atoms with Gasteiger partial charge in [0.25, 0.3) is 0 Å². The third-order valence-corrected chi connectivity index (χ3v) is 2.83. The largest absolute Gasteiger partial charge is 0.478 e. The first-order valence-corrected chi connectivity index (χ1v) is 5.98. The molecule has 1 aromatic heterocycles. The normalized spacial score (nSPS) is 10.1. The Balaban J connectivity index is 2.40. The molecule has 0 fully saturated rings. The van der Waals surface area contributed by atoms with Crippen molar-refractivity contribution < 1.29 is 19.8 Å². The highest BCUT2D eigenvalue weighted by molar-refractivity contribution is 5.95. The average molecular weight is 287 g/mol. The molecule has 0 aliphatic carbocycles. The SMILES string of the molecule is Cc1nc(Nc2cc(C(=O)O)cc(C(=O)O)c2)ccc1N. The van der Waals surface area contributed by atoms with Crippen LogP contribution in [0.15, 0.2) is 30.3 Å². The molecule has 0 radical (unpaired) electrons. The molecule has 0 spiro atoms. The van der Waals surface area contributed by atoms with Crippen LogP contribution in [0.25, 0.3) is 0 Å². The number of hydrogen-bond donors (Lipinski definition) is 4. The van der Waals surface area contributed by atoms with Crippen molar-refractivity contribution in [3.8, 4) is 0 Å². The first kappa shape index (κ1) is 14.3. The van der Waals surface area contributed by atoms with E-state index < -0.39 is 11.9 Å². The molecule has 0 unspecified atom stereocenters. The van der Waals surface area contributed by atoms with E-state index in [0.29, 0.717) is 22.9 Å². The van der Waals surface area contributed by atoms with Crippen LogP contribution in [0.5, 0.6) is 0 Å². The van der Waals surface area contributed by atoms with Crippen LogP contribution >= 0.6 is 0 Å². The summed E-state index contributed by atoms with van der Waals surface area (Å²) in [5.41, 5.74) is 6.90. The fourth-order valence-electron chi connectivity index (χ4n) is 1.74. The minimum Gasteiger partial charge on any atom is -0.478 e. The number of aromatic carboxylic acids is 2. The second-order valence-corrected chi connectivity index (χ2v) is 4.41. The van der Waals surface area contributed by atoms with E-state index in [9.17, 15) is 9.59 Å². The number of carboxylic acid groups (broad SMARTS) is 2. The predicted molar refractivity (Wildman–Crippen MR) is 77.0 cm³/mol. The number of aromatic nitrogens is 1. The van der Waals surface area contributed by atoms with E-state index in [-0.39, 0.29) is 11.1 Å². The van der Waals surface area contributed by atoms with Crippen molar-refractivity contribution in [3.05, 3.63) is 47.2 Å². The van der Waals surface area contributed by atoms with Crippen LogP contribution in [-0.4, -0.2) is 27.1 Å². The minimum atomic E-state index is -1.21. The molecule has 5 N–H and O–H groups in total. The lowest BCUT2D eigenvalue weighted by Crippen LogP contribution is -2.05. The molecule has 21 heavy (non-hydrogen) atoms. The number of hydrogen-bond acceptors (Lipinski definition) is 5.